The fourth-order valence-electron chi connectivity index (χ4n) is 3.63. The fourth-order valence-corrected chi connectivity index (χ4v) is 3.63. The minimum absolute atomic E-state index is 0.275. The molecule has 2 aliphatic rings. The van der Waals surface area contributed by atoms with Crippen LogP contribution in [0.25, 0.3) is 0 Å². The van der Waals surface area contributed by atoms with Crippen molar-refractivity contribution in [3.05, 3.63) is 0 Å². The van der Waals surface area contributed by atoms with Crippen molar-refractivity contribution < 1.29 is 9.90 Å². The molecule has 0 spiro atoms. The Hall–Kier alpha value is -1.01. The van der Waals surface area contributed by atoms with Crippen LogP contribution in [0.5, 0.6) is 0 Å². The zero-order valence-corrected chi connectivity index (χ0v) is 11.2. The number of hydrogen-bond acceptors (Lipinski definition) is 2. The molecule has 3 unspecified atom stereocenters. The SMILES string of the molecule is CC#CCCN1C(C(=O)O)CCC2CCCCC21. The van der Waals surface area contributed by atoms with E-state index in [9.17, 15) is 9.90 Å². The van der Waals surface area contributed by atoms with Crippen LogP contribution in [0.3, 0.4) is 0 Å². The van der Waals surface area contributed by atoms with Crippen molar-refractivity contribution in [3.8, 4) is 11.8 Å². The van der Waals surface area contributed by atoms with Gasteiger partial charge in [0.15, 0.2) is 0 Å². The molecule has 0 amide bonds. The Morgan fingerprint density at radius 3 is 2.78 bits per heavy atom. The maximum Gasteiger partial charge on any atom is 0.320 e. The Bertz CT molecular complexity index is 355. The largest absolute Gasteiger partial charge is 0.480 e. The van der Waals surface area contributed by atoms with Gasteiger partial charge in [0.1, 0.15) is 6.04 Å². The van der Waals surface area contributed by atoms with Gasteiger partial charge in [-0.1, -0.05) is 12.8 Å². The number of carboxylic acid groups (broad SMARTS) is 1. The molecule has 1 saturated carbocycles. The molecular formula is C15H23NO2. The summed E-state index contributed by atoms with van der Waals surface area (Å²) in [5, 5.41) is 9.38. The number of carbonyl (C=O) groups is 1. The molecule has 2 rings (SSSR count). The van der Waals surface area contributed by atoms with Crippen molar-refractivity contribution in [2.24, 2.45) is 5.92 Å². The van der Waals surface area contributed by atoms with Gasteiger partial charge in [-0.15, -0.1) is 11.8 Å². The van der Waals surface area contributed by atoms with Gasteiger partial charge < -0.3 is 5.11 Å². The van der Waals surface area contributed by atoms with E-state index in [0.717, 1.165) is 31.7 Å². The van der Waals surface area contributed by atoms with Crippen molar-refractivity contribution in [1.82, 2.24) is 4.90 Å². The number of fused-ring (bicyclic) bond motifs is 1. The lowest BCUT2D eigenvalue weighted by Crippen LogP contribution is -2.55. The van der Waals surface area contributed by atoms with E-state index >= 15 is 0 Å². The van der Waals surface area contributed by atoms with E-state index in [0.29, 0.717) is 6.04 Å². The highest BCUT2D eigenvalue weighted by atomic mass is 16.4. The quantitative estimate of drug-likeness (QED) is 0.781. The summed E-state index contributed by atoms with van der Waals surface area (Å²) in [5.74, 6) is 6.04. The number of likely N-dealkylation sites (tertiary alicyclic amines) is 1. The molecule has 1 aliphatic carbocycles. The van der Waals surface area contributed by atoms with Gasteiger partial charge >= 0.3 is 5.97 Å². The second-order valence-corrected chi connectivity index (χ2v) is 5.46. The van der Waals surface area contributed by atoms with E-state index in [1.54, 1.807) is 0 Å². The van der Waals surface area contributed by atoms with Crippen LogP contribution < -0.4 is 0 Å². The molecule has 0 aromatic rings. The van der Waals surface area contributed by atoms with Gasteiger partial charge in [-0.2, -0.15) is 0 Å². The molecule has 3 nitrogen and oxygen atoms in total. The summed E-state index contributed by atoms with van der Waals surface area (Å²) < 4.78 is 0. The number of rotatable bonds is 3. The van der Waals surface area contributed by atoms with E-state index in [2.05, 4.69) is 16.7 Å². The lowest BCUT2D eigenvalue weighted by atomic mass is 9.76. The highest BCUT2D eigenvalue weighted by Crippen LogP contribution is 2.37. The Morgan fingerprint density at radius 2 is 2.06 bits per heavy atom. The maximum atomic E-state index is 11.4. The molecule has 1 heterocycles. The lowest BCUT2D eigenvalue weighted by Gasteiger charge is -2.47. The smallest absolute Gasteiger partial charge is 0.320 e. The number of nitrogens with zero attached hydrogens (tertiary/aromatic N) is 1. The Morgan fingerprint density at radius 1 is 1.28 bits per heavy atom. The van der Waals surface area contributed by atoms with Crippen LogP contribution in [0.15, 0.2) is 0 Å². The average molecular weight is 249 g/mol. The van der Waals surface area contributed by atoms with E-state index in [1.165, 1.54) is 25.7 Å². The van der Waals surface area contributed by atoms with Crippen molar-refractivity contribution in [1.29, 1.82) is 0 Å². The van der Waals surface area contributed by atoms with Gasteiger partial charge in [0.2, 0.25) is 0 Å². The summed E-state index contributed by atoms with van der Waals surface area (Å²) in [5.41, 5.74) is 0. The summed E-state index contributed by atoms with van der Waals surface area (Å²) in [6.45, 7) is 2.66. The molecule has 0 aromatic carbocycles. The van der Waals surface area contributed by atoms with Crippen molar-refractivity contribution in [2.75, 3.05) is 6.54 Å². The van der Waals surface area contributed by atoms with Gasteiger partial charge in [-0.05, 0) is 38.5 Å². The molecule has 18 heavy (non-hydrogen) atoms. The first-order chi connectivity index (χ1) is 8.74. The van der Waals surface area contributed by atoms with Gasteiger partial charge in [0.25, 0.3) is 0 Å². The summed E-state index contributed by atoms with van der Waals surface area (Å²) >= 11 is 0. The van der Waals surface area contributed by atoms with Crippen molar-refractivity contribution in [3.63, 3.8) is 0 Å². The molecule has 0 bridgehead atoms. The molecule has 1 saturated heterocycles. The molecule has 3 atom stereocenters. The minimum atomic E-state index is -0.650. The molecule has 1 aliphatic heterocycles. The topological polar surface area (TPSA) is 40.5 Å². The molecule has 0 aromatic heterocycles. The standard InChI is InChI=1S/C15H23NO2/c1-2-3-6-11-16-13-8-5-4-7-12(13)9-10-14(16)15(17)18/h12-14H,4-11H2,1H3,(H,17,18). The van der Waals surface area contributed by atoms with E-state index in [-0.39, 0.29) is 6.04 Å². The summed E-state index contributed by atoms with van der Waals surface area (Å²) in [7, 11) is 0. The molecule has 0 radical (unpaired) electrons. The number of carboxylic acids is 1. The third kappa shape index (κ3) is 2.87. The van der Waals surface area contributed by atoms with Gasteiger partial charge in [0.05, 0.1) is 0 Å². The van der Waals surface area contributed by atoms with E-state index in [4.69, 9.17) is 0 Å². The first kappa shape index (κ1) is 13.4. The number of piperidine rings is 1. The number of aliphatic carboxylic acids is 1. The molecule has 2 fully saturated rings. The third-order valence-corrected chi connectivity index (χ3v) is 4.46. The van der Waals surface area contributed by atoms with Crippen LogP contribution in [0.1, 0.15) is 51.9 Å². The number of hydrogen-bond donors (Lipinski definition) is 1. The van der Waals surface area contributed by atoms with E-state index in [1.807, 2.05) is 6.92 Å². The van der Waals surface area contributed by atoms with Crippen LogP contribution in [-0.4, -0.2) is 34.6 Å². The highest BCUT2D eigenvalue weighted by Gasteiger charge is 2.40. The summed E-state index contributed by atoms with van der Waals surface area (Å²) in [6, 6.07) is 0.218. The van der Waals surface area contributed by atoms with Gasteiger partial charge in [-0.3, -0.25) is 9.69 Å². The minimum Gasteiger partial charge on any atom is -0.480 e. The molecule has 3 heteroatoms. The summed E-state index contributed by atoms with van der Waals surface area (Å²) in [6.07, 6.45) is 7.74. The van der Waals surface area contributed by atoms with Gasteiger partial charge in [0, 0.05) is 19.0 Å². The molecular weight excluding hydrogens is 226 g/mol. The van der Waals surface area contributed by atoms with Crippen LogP contribution in [0.4, 0.5) is 0 Å². The van der Waals surface area contributed by atoms with Gasteiger partial charge in [-0.25, -0.2) is 0 Å². The third-order valence-electron chi connectivity index (χ3n) is 4.46. The average Bonchev–Trinajstić information content (AvgIpc) is 2.38. The van der Waals surface area contributed by atoms with Crippen molar-refractivity contribution in [2.45, 2.75) is 64.0 Å². The Balaban J connectivity index is 2.07. The first-order valence-electron chi connectivity index (χ1n) is 7.12. The zero-order chi connectivity index (χ0) is 13.0. The zero-order valence-electron chi connectivity index (χ0n) is 11.2. The van der Waals surface area contributed by atoms with Crippen LogP contribution in [0.2, 0.25) is 0 Å². The second-order valence-electron chi connectivity index (χ2n) is 5.46. The fraction of sp³-hybridized carbons (Fsp3) is 0.800. The monoisotopic (exact) mass is 249 g/mol. The van der Waals surface area contributed by atoms with Crippen LogP contribution in [-0.2, 0) is 4.79 Å². The predicted octanol–water partition coefficient (Wildman–Crippen LogP) is 2.51. The van der Waals surface area contributed by atoms with E-state index < -0.39 is 5.97 Å². The summed E-state index contributed by atoms with van der Waals surface area (Å²) in [4.78, 5) is 13.6. The lowest BCUT2D eigenvalue weighted by molar-refractivity contribution is -0.148. The predicted molar refractivity (Wildman–Crippen MR) is 71.2 cm³/mol. The maximum absolute atomic E-state index is 11.4. The Kier molecular flexibility index (Phi) is 4.66. The molecule has 1 N–H and O–H groups in total. The highest BCUT2D eigenvalue weighted by molar-refractivity contribution is 5.73. The second kappa shape index (κ2) is 6.24. The molecule has 100 valence electrons. The van der Waals surface area contributed by atoms with Crippen molar-refractivity contribution >= 4 is 5.97 Å². The normalized spacial score (nSPS) is 32.2. The Labute approximate surface area is 110 Å². The van der Waals surface area contributed by atoms with Crippen LogP contribution >= 0.6 is 0 Å². The van der Waals surface area contributed by atoms with Crippen LogP contribution in [0, 0.1) is 17.8 Å². The first-order valence-corrected chi connectivity index (χ1v) is 7.12.